The van der Waals surface area contributed by atoms with Crippen LogP contribution in [0.5, 0.6) is 0 Å². The summed E-state index contributed by atoms with van der Waals surface area (Å²) >= 11 is 0. The molecule has 0 saturated carbocycles. The summed E-state index contributed by atoms with van der Waals surface area (Å²) in [4.78, 5) is 7.10. The molecular weight excluding hydrogens is 326 g/mol. The van der Waals surface area contributed by atoms with Crippen molar-refractivity contribution in [3.8, 4) is 0 Å². The molecule has 2 fully saturated rings. The van der Waals surface area contributed by atoms with Crippen LogP contribution in [0.25, 0.3) is 0 Å². The molecule has 0 radical (unpaired) electrons. The van der Waals surface area contributed by atoms with Crippen LogP contribution in [0.4, 0.5) is 11.6 Å². The van der Waals surface area contributed by atoms with E-state index in [4.69, 9.17) is 4.74 Å². The molecule has 3 heterocycles. The van der Waals surface area contributed by atoms with Crippen LogP contribution in [-0.4, -0.2) is 67.6 Å². The molecule has 2 saturated heterocycles. The van der Waals surface area contributed by atoms with Crippen LogP contribution in [0.15, 0.2) is 36.4 Å². The fourth-order valence-corrected chi connectivity index (χ4v) is 3.61. The van der Waals surface area contributed by atoms with Crippen LogP contribution in [0.1, 0.15) is 11.1 Å². The predicted molar refractivity (Wildman–Crippen MR) is 104 cm³/mol. The molecule has 0 bridgehead atoms. The van der Waals surface area contributed by atoms with Gasteiger partial charge in [0.05, 0.1) is 13.2 Å². The van der Waals surface area contributed by atoms with Crippen LogP contribution in [0, 0.1) is 6.92 Å². The van der Waals surface area contributed by atoms with E-state index >= 15 is 0 Å². The van der Waals surface area contributed by atoms with E-state index in [9.17, 15) is 0 Å². The maximum Gasteiger partial charge on any atom is 0.151 e. The number of ether oxygens (including phenoxy) is 1. The van der Waals surface area contributed by atoms with Crippen molar-refractivity contribution in [2.75, 3.05) is 62.3 Å². The van der Waals surface area contributed by atoms with Crippen LogP contribution in [0.3, 0.4) is 0 Å². The van der Waals surface area contributed by atoms with Crippen LogP contribution < -0.4 is 9.80 Å². The van der Waals surface area contributed by atoms with E-state index in [1.807, 2.05) is 0 Å². The molecular formula is C20H27N5O. The van der Waals surface area contributed by atoms with Gasteiger partial charge in [-0.2, -0.15) is 0 Å². The molecule has 0 atom stereocenters. The van der Waals surface area contributed by atoms with Crippen LogP contribution in [-0.2, 0) is 11.3 Å². The Balaban J connectivity index is 1.32. The van der Waals surface area contributed by atoms with Gasteiger partial charge in [0.2, 0.25) is 0 Å². The predicted octanol–water partition coefficient (Wildman–Crippen LogP) is 1.94. The number of aryl methyl sites for hydroxylation is 1. The lowest BCUT2D eigenvalue weighted by molar-refractivity contribution is 0.122. The lowest BCUT2D eigenvalue weighted by Crippen LogP contribution is -2.46. The number of nitrogens with zero attached hydrogens (tertiary/aromatic N) is 5. The van der Waals surface area contributed by atoms with Crippen LogP contribution in [0.2, 0.25) is 0 Å². The summed E-state index contributed by atoms with van der Waals surface area (Å²) in [6.45, 7) is 10.7. The normalized spacial score (nSPS) is 19.0. The number of aromatic nitrogens is 2. The quantitative estimate of drug-likeness (QED) is 0.837. The number of hydrogen-bond donors (Lipinski definition) is 0. The summed E-state index contributed by atoms with van der Waals surface area (Å²) in [6, 6.07) is 12.9. The van der Waals surface area contributed by atoms with Gasteiger partial charge in [-0.1, -0.05) is 24.3 Å². The second-order valence-electron chi connectivity index (χ2n) is 7.04. The van der Waals surface area contributed by atoms with Gasteiger partial charge < -0.3 is 14.5 Å². The molecule has 26 heavy (non-hydrogen) atoms. The SMILES string of the molecule is Cc1ccccc1CN1CCN(c2ccc(N3CCOCC3)nn2)CC1. The molecule has 1 aromatic carbocycles. The average Bonchev–Trinajstić information content (AvgIpc) is 2.71. The Bertz CT molecular complexity index is 706. The van der Waals surface area contributed by atoms with Crippen molar-refractivity contribution in [3.63, 3.8) is 0 Å². The van der Waals surface area contributed by atoms with Gasteiger partial charge in [-0.25, -0.2) is 0 Å². The van der Waals surface area contributed by atoms with Crippen molar-refractivity contribution in [2.24, 2.45) is 0 Å². The van der Waals surface area contributed by atoms with E-state index in [2.05, 4.69) is 68.2 Å². The fourth-order valence-electron chi connectivity index (χ4n) is 3.61. The third kappa shape index (κ3) is 3.97. The lowest BCUT2D eigenvalue weighted by atomic mass is 10.1. The summed E-state index contributed by atoms with van der Waals surface area (Å²) in [5.41, 5.74) is 2.80. The van der Waals surface area contributed by atoms with Gasteiger partial charge >= 0.3 is 0 Å². The fraction of sp³-hybridized carbons (Fsp3) is 0.500. The van der Waals surface area contributed by atoms with E-state index < -0.39 is 0 Å². The second kappa shape index (κ2) is 8.01. The summed E-state index contributed by atoms with van der Waals surface area (Å²) in [5, 5.41) is 8.92. The maximum absolute atomic E-state index is 5.40. The number of piperazine rings is 1. The Morgan fingerprint density at radius 2 is 1.42 bits per heavy atom. The Kier molecular flexibility index (Phi) is 5.32. The Morgan fingerprint density at radius 3 is 2.04 bits per heavy atom. The molecule has 6 nitrogen and oxygen atoms in total. The lowest BCUT2D eigenvalue weighted by Gasteiger charge is -2.35. The zero-order chi connectivity index (χ0) is 17.8. The molecule has 0 spiro atoms. The van der Waals surface area contributed by atoms with Crippen molar-refractivity contribution >= 4 is 11.6 Å². The van der Waals surface area contributed by atoms with Crippen molar-refractivity contribution < 1.29 is 4.74 Å². The third-order valence-electron chi connectivity index (χ3n) is 5.32. The zero-order valence-electron chi connectivity index (χ0n) is 15.5. The number of anilines is 2. The van der Waals surface area contributed by atoms with E-state index in [0.717, 1.165) is 70.7 Å². The van der Waals surface area contributed by atoms with Gasteiger partial charge in [-0.15, -0.1) is 10.2 Å². The smallest absolute Gasteiger partial charge is 0.151 e. The summed E-state index contributed by atoms with van der Waals surface area (Å²) in [6.07, 6.45) is 0. The van der Waals surface area contributed by atoms with E-state index in [-0.39, 0.29) is 0 Å². The van der Waals surface area contributed by atoms with Crippen molar-refractivity contribution in [1.29, 1.82) is 0 Å². The van der Waals surface area contributed by atoms with Gasteiger partial charge in [0.25, 0.3) is 0 Å². The highest BCUT2D eigenvalue weighted by Crippen LogP contribution is 2.18. The highest BCUT2D eigenvalue weighted by molar-refractivity contribution is 5.45. The summed E-state index contributed by atoms with van der Waals surface area (Å²) in [5.74, 6) is 1.94. The molecule has 1 aromatic heterocycles. The highest BCUT2D eigenvalue weighted by Gasteiger charge is 2.19. The zero-order valence-corrected chi connectivity index (χ0v) is 15.5. The molecule has 2 aliphatic rings. The number of morpholine rings is 1. The molecule has 0 unspecified atom stereocenters. The largest absolute Gasteiger partial charge is 0.378 e. The van der Waals surface area contributed by atoms with Crippen LogP contribution >= 0.6 is 0 Å². The third-order valence-corrected chi connectivity index (χ3v) is 5.32. The molecule has 6 heteroatoms. The minimum atomic E-state index is 0.770. The van der Waals surface area contributed by atoms with Gasteiger partial charge in [0, 0.05) is 45.8 Å². The van der Waals surface area contributed by atoms with Crippen molar-refractivity contribution in [2.45, 2.75) is 13.5 Å². The Labute approximate surface area is 155 Å². The average molecular weight is 353 g/mol. The van der Waals surface area contributed by atoms with E-state index in [1.165, 1.54) is 11.1 Å². The first-order valence-electron chi connectivity index (χ1n) is 9.48. The van der Waals surface area contributed by atoms with Gasteiger partial charge in [-0.05, 0) is 30.2 Å². The van der Waals surface area contributed by atoms with Crippen molar-refractivity contribution in [1.82, 2.24) is 15.1 Å². The standard InChI is InChI=1S/C20H27N5O/c1-17-4-2-3-5-18(17)16-23-8-10-24(11-9-23)19-6-7-20(22-21-19)25-12-14-26-15-13-25/h2-7H,8-16H2,1H3. The second-order valence-corrected chi connectivity index (χ2v) is 7.04. The Hall–Kier alpha value is -2.18. The molecule has 2 aromatic rings. The van der Waals surface area contributed by atoms with E-state index in [1.54, 1.807) is 0 Å². The molecule has 138 valence electrons. The highest BCUT2D eigenvalue weighted by atomic mass is 16.5. The monoisotopic (exact) mass is 353 g/mol. The topological polar surface area (TPSA) is 44.7 Å². The van der Waals surface area contributed by atoms with Crippen molar-refractivity contribution in [3.05, 3.63) is 47.5 Å². The van der Waals surface area contributed by atoms with Gasteiger partial charge in [0.15, 0.2) is 11.6 Å². The molecule has 0 aliphatic carbocycles. The van der Waals surface area contributed by atoms with E-state index in [0.29, 0.717) is 0 Å². The number of rotatable bonds is 4. The minimum Gasteiger partial charge on any atom is -0.378 e. The summed E-state index contributed by atoms with van der Waals surface area (Å²) < 4.78 is 5.40. The Morgan fingerprint density at radius 1 is 0.808 bits per heavy atom. The van der Waals surface area contributed by atoms with Gasteiger partial charge in [-0.3, -0.25) is 4.90 Å². The minimum absolute atomic E-state index is 0.770. The number of benzene rings is 1. The molecule has 4 rings (SSSR count). The first-order valence-corrected chi connectivity index (χ1v) is 9.48. The van der Waals surface area contributed by atoms with Gasteiger partial charge in [0.1, 0.15) is 0 Å². The molecule has 2 aliphatic heterocycles. The first kappa shape index (κ1) is 17.2. The molecule has 0 N–H and O–H groups in total. The number of hydrogen-bond acceptors (Lipinski definition) is 6. The molecule has 0 amide bonds. The maximum atomic E-state index is 5.40. The first-order chi connectivity index (χ1) is 12.8. The summed E-state index contributed by atoms with van der Waals surface area (Å²) in [7, 11) is 0.